The monoisotopic (exact) mass is 140 g/mol. The van der Waals surface area contributed by atoms with Gasteiger partial charge in [-0.3, -0.25) is 0 Å². The lowest BCUT2D eigenvalue weighted by Gasteiger charge is -2.10. The predicted octanol–water partition coefficient (Wildman–Crippen LogP) is 0.337. The average molecular weight is 140 g/mol. The van der Waals surface area contributed by atoms with Crippen molar-refractivity contribution in [2.24, 2.45) is 5.73 Å². The quantitative estimate of drug-likeness (QED) is 0.552. The Hall–Kier alpha value is -0.520. The topological polar surface area (TPSA) is 38.0 Å². The SMILES string of the molecule is CC#CCNC(CC)CN. The Kier molecular flexibility index (Phi) is 6.25. The molecular weight excluding hydrogens is 124 g/mol. The molecule has 0 aromatic rings. The standard InChI is InChI=1S/C8H16N2/c1-3-5-6-10-8(4-2)7-9/h8,10H,4,6-7,9H2,1-2H3. The van der Waals surface area contributed by atoms with Crippen molar-refractivity contribution in [3.05, 3.63) is 0 Å². The van der Waals surface area contributed by atoms with Crippen LogP contribution in [0.25, 0.3) is 0 Å². The second-order valence-corrected chi connectivity index (χ2v) is 2.15. The fourth-order valence-corrected chi connectivity index (χ4v) is 0.678. The van der Waals surface area contributed by atoms with Crippen LogP contribution in [-0.4, -0.2) is 19.1 Å². The van der Waals surface area contributed by atoms with Gasteiger partial charge in [0.15, 0.2) is 0 Å². The van der Waals surface area contributed by atoms with Crippen LogP contribution in [0.2, 0.25) is 0 Å². The minimum atomic E-state index is 0.431. The Bertz CT molecular complexity index is 117. The maximum absolute atomic E-state index is 5.45. The zero-order chi connectivity index (χ0) is 7.82. The molecule has 0 rings (SSSR count). The van der Waals surface area contributed by atoms with Crippen molar-refractivity contribution in [2.45, 2.75) is 26.3 Å². The summed E-state index contributed by atoms with van der Waals surface area (Å²) >= 11 is 0. The molecule has 0 spiro atoms. The van der Waals surface area contributed by atoms with E-state index in [2.05, 4.69) is 24.1 Å². The lowest BCUT2D eigenvalue weighted by molar-refractivity contribution is 0.537. The minimum absolute atomic E-state index is 0.431. The number of nitrogens with one attached hydrogen (secondary N) is 1. The predicted molar refractivity (Wildman–Crippen MR) is 44.6 cm³/mol. The summed E-state index contributed by atoms with van der Waals surface area (Å²) in [6.07, 6.45) is 1.07. The van der Waals surface area contributed by atoms with E-state index < -0.39 is 0 Å². The largest absolute Gasteiger partial charge is 0.329 e. The van der Waals surface area contributed by atoms with Crippen molar-refractivity contribution in [1.29, 1.82) is 0 Å². The van der Waals surface area contributed by atoms with E-state index >= 15 is 0 Å². The summed E-state index contributed by atoms with van der Waals surface area (Å²) in [4.78, 5) is 0. The average Bonchev–Trinajstić information content (AvgIpc) is 1.99. The molecule has 0 saturated carbocycles. The van der Waals surface area contributed by atoms with E-state index in [-0.39, 0.29) is 0 Å². The van der Waals surface area contributed by atoms with Gasteiger partial charge in [0.2, 0.25) is 0 Å². The van der Waals surface area contributed by atoms with Gasteiger partial charge in [-0.05, 0) is 13.3 Å². The molecule has 0 aliphatic rings. The Morgan fingerprint density at radius 3 is 2.70 bits per heavy atom. The fourth-order valence-electron chi connectivity index (χ4n) is 0.678. The van der Waals surface area contributed by atoms with Crippen LogP contribution in [0.1, 0.15) is 20.3 Å². The van der Waals surface area contributed by atoms with Gasteiger partial charge < -0.3 is 11.1 Å². The van der Waals surface area contributed by atoms with Crippen molar-refractivity contribution >= 4 is 0 Å². The van der Waals surface area contributed by atoms with Crippen molar-refractivity contribution in [1.82, 2.24) is 5.32 Å². The van der Waals surface area contributed by atoms with E-state index in [1.165, 1.54) is 0 Å². The van der Waals surface area contributed by atoms with Gasteiger partial charge in [0.1, 0.15) is 0 Å². The number of hydrogen-bond acceptors (Lipinski definition) is 2. The molecule has 0 saturated heterocycles. The second-order valence-electron chi connectivity index (χ2n) is 2.15. The van der Waals surface area contributed by atoms with Crippen molar-refractivity contribution in [3.8, 4) is 11.8 Å². The first kappa shape index (κ1) is 9.48. The normalized spacial score (nSPS) is 11.9. The maximum atomic E-state index is 5.45. The Morgan fingerprint density at radius 2 is 2.30 bits per heavy atom. The zero-order valence-corrected chi connectivity index (χ0v) is 6.78. The molecule has 1 atom stereocenters. The van der Waals surface area contributed by atoms with Crippen LogP contribution in [0.4, 0.5) is 0 Å². The third kappa shape index (κ3) is 4.37. The highest BCUT2D eigenvalue weighted by atomic mass is 14.9. The van der Waals surface area contributed by atoms with Crippen LogP contribution in [0.5, 0.6) is 0 Å². The third-order valence-corrected chi connectivity index (χ3v) is 1.43. The van der Waals surface area contributed by atoms with Gasteiger partial charge in [0.25, 0.3) is 0 Å². The molecule has 0 radical (unpaired) electrons. The summed E-state index contributed by atoms with van der Waals surface area (Å²) < 4.78 is 0. The molecule has 3 N–H and O–H groups in total. The molecule has 0 bridgehead atoms. The molecule has 2 nitrogen and oxygen atoms in total. The minimum Gasteiger partial charge on any atom is -0.329 e. The highest BCUT2D eigenvalue weighted by molar-refractivity contribution is 4.97. The molecule has 0 aromatic carbocycles. The molecule has 0 heterocycles. The lowest BCUT2D eigenvalue weighted by Crippen LogP contribution is -2.35. The Balaban J connectivity index is 3.31. The highest BCUT2D eigenvalue weighted by Crippen LogP contribution is 1.84. The van der Waals surface area contributed by atoms with Crippen LogP contribution in [0.15, 0.2) is 0 Å². The van der Waals surface area contributed by atoms with Gasteiger partial charge in [0.05, 0.1) is 6.54 Å². The third-order valence-electron chi connectivity index (χ3n) is 1.43. The zero-order valence-electron chi connectivity index (χ0n) is 6.78. The summed E-state index contributed by atoms with van der Waals surface area (Å²) in [5, 5.41) is 3.22. The van der Waals surface area contributed by atoms with Gasteiger partial charge in [-0.15, -0.1) is 5.92 Å². The smallest absolute Gasteiger partial charge is 0.0578 e. The molecule has 0 aliphatic heterocycles. The van der Waals surface area contributed by atoms with Crippen molar-refractivity contribution in [2.75, 3.05) is 13.1 Å². The summed E-state index contributed by atoms with van der Waals surface area (Å²) in [7, 11) is 0. The molecule has 0 aliphatic carbocycles. The van der Waals surface area contributed by atoms with E-state index in [9.17, 15) is 0 Å². The van der Waals surface area contributed by atoms with E-state index in [0.29, 0.717) is 12.6 Å². The lowest BCUT2D eigenvalue weighted by atomic mass is 10.2. The summed E-state index contributed by atoms with van der Waals surface area (Å²) in [6, 6.07) is 0.431. The molecule has 10 heavy (non-hydrogen) atoms. The fraction of sp³-hybridized carbons (Fsp3) is 0.750. The van der Waals surface area contributed by atoms with Crippen LogP contribution < -0.4 is 11.1 Å². The first-order valence-corrected chi connectivity index (χ1v) is 3.68. The summed E-state index contributed by atoms with van der Waals surface area (Å²) in [6.45, 7) is 5.41. The molecule has 1 unspecified atom stereocenters. The van der Waals surface area contributed by atoms with E-state index in [0.717, 1.165) is 13.0 Å². The number of nitrogens with two attached hydrogens (primary N) is 1. The molecule has 0 aromatic heterocycles. The number of hydrogen-bond donors (Lipinski definition) is 2. The second kappa shape index (κ2) is 6.60. The van der Waals surface area contributed by atoms with E-state index in [1.54, 1.807) is 0 Å². The maximum Gasteiger partial charge on any atom is 0.0578 e. The number of rotatable bonds is 4. The van der Waals surface area contributed by atoms with Gasteiger partial charge in [-0.2, -0.15) is 0 Å². The van der Waals surface area contributed by atoms with Crippen molar-refractivity contribution < 1.29 is 0 Å². The summed E-state index contributed by atoms with van der Waals surface area (Å²) in [5.41, 5.74) is 5.45. The molecular formula is C8H16N2. The van der Waals surface area contributed by atoms with Crippen LogP contribution in [0.3, 0.4) is 0 Å². The van der Waals surface area contributed by atoms with Gasteiger partial charge >= 0.3 is 0 Å². The van der Waals surface area contributed by atoms with E-state index in [1.807, 2.05) is 6.92 Å². The van der Waals surface area contributed by atoms with Crippen LogP contribution in [-0.2, 0) is 0 Å². The summed E-state index contributed by atoms with van der Waals surface area (Å²) in [5.74, 6) is 5.75. The highest BCUT2D eigenvalue weighted by Gasteiger charge is 1.98. The molecule has 58 valence electrons. The molecule has 0 amide bonds. The van der Waals surface area contributed by atoms with E-state index in [4.69, 9.17) is 5.73 Å². The Morgan fingerprint density at radius 1 is 1.60 bits per heavy atom. The molecule has 2 heteroatoms. The Labute approximate surface area is 63.2 Å². The first-order valence-electron chi connectivity index (χ1n) is 3.68. The van der Waals surface area contributed by atoms with Gasteiger partial charge in [-0.1, -0.05) is 12.8 Å². The van der Waals surface area contributed by atoms with Crippen LogP contribution in [0, 0.1) is 11.8 Å². The van der Waals surface area contributed by atoms with Gasteiger partial charge in [-0.25, -0.2) is 0 Å². The first-order chi connectivity index (χ1) is 4.85. The van der Waals surface area contributed by atoms with Crippen LogP contribution >= 0.6 is 0 Å². The van der Waals surface area contributed by atoms with Crippen molar-refractivity contribution in [3.63, 3.8) is 0 Å². The molecule has 0 fully saturated rings. The van der Waals surface area contributed by atoms with Gasteiger partial charge in [0, 0.05) is 12.6 Å².